The maximum Gasteiger partial charge on any atom is 0.344 e. The van der Waals surface area contributed by atoms with Crippen LogP contribution in [0, 0.1) is 5.92 Å². The van der Waals surface area contributed by atoms with Crippen LogP contribution in [0.5, 0.6) is 5.75 Å². The standard InChI is InChI=1S/C18H22ClNO3.C17H29NO3S/c1-3-4-5-7-13(2)23-17(21)12-22-16-10-9-15(19)14-8-6-11-20-18(14)16;1-5-8-14(18-21-6-2)17-15(19)10-13(11-16(17)20)9-12(4)22-7-3/h6,8-11,13H,3-5,7,12H2,1-2H3;12-13,19H,5-11H2,1-4H3/b;18-14-. The van der Waals surface area contributed by atoms with Crippen molar-refractivity contribution in [1.82, 2.24) is 4.98 Å². The van der Waals surface area contributed by atoms with Crippen molar-refractivity contribution in [3.8, 4) is 5.75 Å². The van der Waals surface area contributed by atoms with E-state index in [-0.39, 0.29) is 36.1 Å². The van der Waals surface area contributed by atoms with Gasteiger partial charge in [0, 0.05) is 29.7 Å². The second-order valence-electron chi connectivity index (χ2n) is 11.3. The number of aliphatic hydroxyl groups is 1. The van der Waals surface area contributed by atoms with E-state index in [1.807, 2.05) is 44.7 Å². The Labute approximate surface area is 278 Å². The second-order valence-corrected chi connectivity index (χ2v) is 13.4. The summed E-state index contributed by atoms with van der Waals surface area (Å²) in [6.45, 7) is 12.6. The quantitative estimate of drug-likeness (QED) is 0.0773. The van der Waals surface area contributed by atoms with E-state index < -0.39 is 0 Å². The van der Waals surface area contributed by atoms with Crippen molar-refractivity contribution in [2.45, 2.75) is 111 Å². The van der Waals surface area contributed by atoms with Crippen LogP contribution in [0.4, 0.5) is 0 Å². The van der Waals surface area contributed by atoms with Gasteiger partial charge in [0.2, 0.25) is 0 Å². The van der Waals surface area contributed by atoms with Crippen LogP contribution in [-0.2, 0) is 19.2 Å². The summed E-state index contributed by atoms with van der Waals surface area (Å²) in [5.74, 6) is 1.68. The SMILES string of the molecule is CCC/C(=N/OCC)C1=C(O)CC(CC(C)SCC)CC1=O.CCCCCC(C)OC(=O)COc1ccc(Cl)c2cccnc12. The lowest BCUT2D eigenvalue weighted by Crippen LogP contribution is -2.26. The number of benzene rings is 1. The monoisotopic (exact) mass is 662 g/mol. The average molecular weight is 663 g/mol. The van der Waals surface area contributed by atoms with E-state index in [0.29, 0.717) is 58.7 Å². The number of aliphatic hydroxyl groups excluding tert-OH is 1. The third-order valence-corrected chi connectivity index (χ3v) is 8.72. The van der Waals surface area contributed by atoms with E-state index in [1.165, 1.54) is 0 Å². The van der Waals surface area contributed by atoms with E-state index in [9.17, 15) is 14.7 Å². The molecule has 2 aromatic rings. The van der Waals surface area contributed by atoms with Gasteiger partial charge in [-0.25, -0.2) is 4.79 Å². The molecule has 0 amide bonds. The molecule has 0 saturated heterocycles. The van der Waals surface area contributed by atoms with Gasteiger partial charge in [0.05, 0.1) is 22.4 Å². The van der Waals surface area contributed by atoms with Crippen molar-refractivity contribution in [2.24, 2.45) is 11.1 Å². The first-order valence-corrected chi connectivity index (χ1v) is 17.7. The number of rotatable bonds is 17. The van der Waals surface area contributed by atoms with Gasteiger partial charge in [-0.2, -0.15) is 11.8 Å². The fourth-order valence-electron chi connectivity index (χ4n) is 5.25. The summed E-state index contributed by atoms with van der Waals surface area (Å²) in [5.41, 5.74) is 1.65. The number of pyridine rings is 1. The molecule has 1 aromatic heterocycles. The summed E-state index contributed by atoms with van der Waals surface area (Å²) in [4.78, 5) is 33.7. The van der Waals surface area contributed by atoms with Crippen molar-refractivity contribution in [2.75, 3.05) is 19.0 Å². The zero-order valence-corrected chi connectivity index (χ0v) is 29.3. The van der Waals surface area contributed by atoms with Crippen molar-refractivity contribution < 1.29 is 29.0 Å². The molecule has 3 rings (SSSR count). The molecule has 1 aliphatic rings. The first kappa shape index (κ1) is 38.4. The highest BCUT2D eigenvalue weighted by atomic mass is 35.5. The minimum atomic E-state index is -0.368. The molecule has 1 aliphatic carbocycles. The Morgan fingerprint density at radius 3 is 2.58 bits per heavy atom. The van der Waals surface area contributed by atoms with Crippen LogP contribution in [0.15, 0.2) is 47.0 Å². The maximum atomic E-state index is 12.5. The molecule has 0 radical (unpaired) electrons. The summed E-state index contributed by atoms with van der Waals surface area (Å²) in [6, 6.07) is 7.13. The van der Waals surface area contributed by atoms with Crippen molar-refractivity contribution in [3.05, 3.63) is 46.8 Å². The van der Waals surface area contributed by atoms with Gasteiger partial charge in [-0.05, 0) is 75.5 Å². The number of hydrogen-bond donors (Lipinski definition) is 1. The van der Waals surface area contributed by atoms with E-state index in [4.69, 9.17) is 25.9 Å². The summed E-state index contributed by atoms with van der Waals surface area (Å²) >= 11 is 8.03. The molecule has 0 spiro atoms. The molecule has 10 heteroatoms. The highest BCUT2D eigenvalue weighted by Gasteiger charge is 2.31. The van der Waals surface area contributed by atoms with E-state index in [0.717, 1.165) is 49.7 Å². The molecule has 8 nitrogen and oxygen atoms in total. The molecule has 250 valence electrons. The smallest absolute Gasteiger partial charge is 0.344 e. The minimum absolute atomic E-state index is 0.00866. The molecule has 1 aromatic carbocycles. The highest BCUT2D eigenvalue weighted by Crippen LogP contribution is 2.33. The molecule has 0 bridgehead atoms. The Bertz CT molecular complexity index is 1280. The lowest BCUT2D eigenvalue weighted by molar-refractivity contribution is -0.150. The second kappa shape index (κ2) is 21.1. The van der Waals surface area contributed by atoms with Gasteiger partial charge in [0.25, 0.3) is 0 Å². The number of aromatic nitrogens is 1. The largest absolute Gasteiger partial charge is 0.511 e. The van der Waals surface area contributed by atoms with Crippen molar-refractivity contribution in [3.63, 3.8) is 0 Å². The molecule has 45 heavy (non-hydrogen) atoms. The molecule has 1 heterocycles. The molecule has 3 atom stereocenters. The van der Waals surface area contributed by atoms with Gasteiger partial charge in [-0.1, -0.05) is 63.7 Å². The molecule has 0 saturated carbocycles. The zero-order valence-electron chi connectivity index (χ0n) is 27.8. The molecular weight excluding hydrogens is 612 g/mol. The average Bonchev–Trinajstić information content (AvgIpc) is 3.00. The Morgan fingerprint density at radius 2 is 1.91 bits per heavy atom. The van der Waals surface area contributed by atoms with Crippen molar-refractivity contribution >= 4 is 51.7 Å². The number of thioether (sulfide) groups is 1. The van der Waals surface area contributed by atoms with Crippen LogP contribution in [-0.4, -0.2) is 57.9 Å². The van der Waals surface area contributed by atoms with Crippen LogP contribution in [0.25, 0.3) is 10.9 Å². The van der Waals surface area contributed by atoms with Crippen LogP contribution >= 0.6 is 23.4 Å². The number of Topliss-reactive ketones (excluding diaryl/α,β-unsaturated/α-hetero) is 1. The van der Waals surface area contributed by atoms with Gasteiger partial charge >= 0.3 is 5.97 Å². The van der Waals surface area contributed by atoms with Crippen LogP contribution in [0.2, 0.25) is 5.02 Å². The number of esters is 1. The predicted molar refractivity (Wildman–Crippen MR) is 186 cm³/mol. The maximum absolute atomic E-state index is 12.5. The Morgan fingerprint density at radius 1 is 1.13 bits per heavy atom. The van der Waals surface area contributed by atoms with Gasteiger partial charge in [0.15, 0.2) is 12.4 Å². The molecule has 0 aliphatic heterocycles. The van der Waals surface area contributed by atoms with Gasteiger partial charge in [-0.15, -0.1) is 0 Å². The Hall–Kier alpha value is -2.78. The van der Waals surface area contributed by atoms with Crippen LogP contribution in [0.3, 0.4) is 0 Å². The first-order valence-electron chi connectivity index (χ1n) is 16.3. The number of hydrogen-bond acceptors (Lipinski definition) is 9. The lowest BCUT2D eigenvalue weighted by atomic mass is 9.82. The number of unbranched alkanes of at least 4 members (excludes halogenated alkanes) is 2. The lowest BCUT2D eigenvalue weighted by Gasteiger charge is -2.25. The van der Waals surface area contributed by atoms with Gasteiger partial charge in [-0.3, -0.25) is 9.78 Å². The molecule has 3 unspecified atom stereocenters. The highest BCUT2D eigenvalue weighted by molar-refractivity contribution is 7.99. The number of ketones is 1. The van der Waals surface area contributed by atoms with E-state index >= 15 is 0 Å². The molecule has 1 N–H and O–H groups in total. The molecular formula is C35H51ClN2O6S. The fraction of sp³-hybridized carbons (Fsp3) is 0.600. The number of carbonyl (C=O) groups excluding carboxylic acids is 2. The molecule has 0 fully saturated rings. The zero-order chi connectivity index (χ0) is 33.2. The number of allylic oxidation sites excluding steroid dienone is 2. The number of oxime groups is 1. The summed E-state index contributed by atoms with van der Waals surface area (Å²) < 4.78 is 10.9. The van der Waals surface area contributed by atoms with Gasteiger partial charge in [0.1, 0.15) is 23.6 Å². The number of nitrogens with zero attached hydrogens (tertiary/aromatic N) is 2. The van der Waals surface area contributed by atoms with E-state index in [2.05, 4.69) is 30.9 Å². The Kier molecular flexibility index (Phi) is 18.0. The van der Waals surface area contributed by atoms with Crippen molar-refractivity contribution in [1.29, 1.82) is 0 Å². The van der Waals surface area contributed by atoms with Gasteiger partial charge < -0.3 is 19.4 Å². The van der Waals surface area contributed by atoms with Crippen LogP contribution < -0.4 is 4.74 Å². The number of halogens is 1. The third kappa shape index (κ3) is 13.2. The summed E-state index contributed by atoms with van der Waals surface area (Å²) in [6.07, 6.45) is 9.39. The number of ether oxygens (including phenoxy) is 2. The first-order chi connectivity index (χ1) is 21.6. The fourth-order valence-corrected chi connectivity index (χ4v) is 6.44. The topological polar surface area (TPSA) is 107 Å². The van der Waals surface area contributed by atoms with E-state index in [1.54, 1.807) is 18.3 Å². The number of fused-ring (bicyclic) bond motifs is 1. The minimum Gasteiger partial charge on any atom is -0.511 e. The normalized spacial score (nSPS) is 16.6. The van der Waals surface area contributed by atoms with Crippen LogP contribution in [0.1, 0.15) is 99.3 Å². The predicted octanol–water partition coefficient (Wildman–Crippen LogP) is 9.28. The number of carbonyl (C=O) groups is 2. The summed E-state index contributed by atoms with van der Waals surface area (Å²) in [5, 5.41) is 16.3. The Balaban J connectivity index is 0.000000314. The third-order valence-electron chi connectivity index (χ3n) is 7.29. The summed E-state index contributed by atoms with van der Waals surface area (Å²) in [7, 11) is 0.